The van der Waals surface area contributed by atoms with Gasteiger partial charge in [0.1, 0.15) is 24.4 Å². The highest BCUT2D eigenvalue weighted by molar-refractivity contribution is 5.80. The molecule has 436 valence electrons. The Morgan fingerprint density at radius 2 is 0.947 bits per heavy atom. The van der Waals surface area contributed by atoms with Crippen LogP contribution in [0.1, 0.15) is 239 Å². The van der Waals surface area contributed by atoms with Gasteiger partial charge >= 0.3 is 5.97 Å². The van der Waals surface area contributed by atoms with E-state index in [0.717, 1.165) is 148 Å². The monoisotopic (exact) mass is 1070 g/mol. The Morgan fingerprint density at radius 3 is 1.42 bits per heavy atom. The first kappa shape index (κ1) is 70.6. The van der Waals surface area contributed by atoms with Gasteiger partial charge in [-0.3, -0.25) is 9.59 Å². The molecule has 1 rings (SSSR count). The lowest BCUT2D eigenvalue weighted by Crippen LogP contribution is -2.61. The van der Waals surface area contributed by atoms with Crippen LogP contribution < -0.4 is 5.32 Å². The van der Waals surface area contributed by atoms with E-state index in [1.54, 1.807) is 6.08 Å². The van der Waals surface area contributed by atoms with Crippen LogP contribution in [-0.4, -0.2) is 99.6 Å². The molecule has 11 nitrogen and oxygen atoms in total. The molecule has 11 heteroatoms. The standard InChI is InChI=1S/C65H111NO10/c1-4-7-10-13-16-19-22-24-26-27-28-29-30-31-32-33-34-37-40-43-46-49-52-58(69)64(73)66-56(57(68)51-48-45-42-39-36-21-18-15-12-9-6-3)55-74-65-63(62(72)61(71)59(54-67)75-65)76-60(70)53-50-47-44-41-38-35-25-23-20-17-14-11-8-5-2/h7-8,10-11,16-17,19-20,24,26,28-29,31-32,48,51,56-59,61-63,65,67-69,71-72H,4-6,9,12-15,18,21-23,25,27,30,33-47,49-50,52-55H2,1-3H3,(H,66,73)/b10-7-,11-8+,19-16-,20-17+,26-24-,29-28-,32-31-,51-48+. The Kier molecular flexibility index (Phi) is 48.6. The quantitative estimate of drug-likeness (QED) is 0.0195. The molecule has 0 bridgehead atoms. The summed E-state index contributed by atoms with van der Waals surface area (Å²) in [7, 11) is 0. The Morgan fingerprint density at radius 1 is 0.526 bits per heavy atom. The third-order valence-corrected chi connectivity index (χ3v) is 13.7. The van der Waals surface area contributed by atoms with Crippen LogP contribution in [0.25, 0.3) is 0 Å². The highest BCUT2D eigenvalue weighted by Gasteiger charge is 2.47. The molecule has 0 saturated carbocycles. The smallest absolute Gasteiger partial charge is 0.306 e. The number of carbonyl (C=O) groups excluding carboxylic acids is 2. The second-order valence-corrected chi connectivity index (χ2v) is 20.7. The predicted molar refractivity (Wildman–Crippen MR) is 315 cm³/mol. The van der Waals surface area contributed by atoms with Gasteiger partial charge < -0.3 is 45.1 Å². The van der Waals surface area contributed by atoms with Crippen molar-refractivity contribution < 1.29 is 49.3 Å². The second kappa shape index (κ2) is 52.3. The number of ether oxygens (including phenoxy) is 3. The van der Waals surface area contributed by atoms with E-state index < -0.39 is 67.4 Å². The molecule has 8 atom stereocenters. The van der Waals surface area contributed by atoms with Gasteiger partial charge in [0, 0.05) is 6.42 Å². The lowest BCUT2D eigenvalue weighted by molar-refractivity contribution is -0.305. The van der Waals surface area contributed by atoms with E-state index in [4.69, 9.17) is 14.2 Å². The molecular formula is C65H111NO10. The maximum Gasteiger partial charge on any atom is 0.306 e. The zero-order chi connectivity index (χ0) is 55.4. The van der Waals surface area contributed by atoms with Gasteiger partial charge in [-0.25, -0.2) is 0 Å². The maximum absolute atomic E-state index is 13.4. The summed E-state index contributed by atoms with van der Waals surface area (Å²) in [6.45, 7) is 5.54. The van der Waals surface area contributed by atoms with Crippen LogP contribution in [0.15, 0.2) is 97.2 Å². The average molecular weight is 1070 g/mol. The number of allylic oxidation sites excluding steroid dienone is 15. The van der Waals surface area contributed by atoms with Gasteiger partial charge in [0.15, 0.2) is 12.4 Å². The topological polar surface area (TPSA) is 175 Å². The number of hydrogen-bond donors (Lipinski definition) is 6. The van der Waals surface area contributed by atoms with Crippen molar-refractivity contribution in [2.45, 2.75) is 288 Å². The molecule has 1 saturated heterocycles. The second-order valence-electron chi connectivity index (χ2n) is 20.7. The molecule has 6 N–H and O–H groups in total. The molecule has 76 heavy (non-hydrogen) atoms. The molecule has 1 amide bonds. The van der Waals surface area contributed by atoms with Crippen LogP contribution in [-0.2, 0) is 23.8 Å². The van der Waals surface area contributed by atoms with Crippen LogP contribution in [0.5, 0.6) is 0 Å². The van der Waals surface area contributed by atoms with E-state index in [9.17, 15) is 35.1 Å². The molecule has 1 fully saturated rings. The van der Waals surface area contributed by atoms with Gasteiger partial charge in [-0.1, -0.05) is 234 Å². The molecule has 1 heterocycles. The number of unbranched alkanes of at least 4 members (excludes halogenated alkanes) is 22. The minimum atomic E-state index is -1.62. The Hall–Kier alpha value is -3.42. The fraction of sp³-hybridized carbons (Fsp3) is 0.723. The lowest BCUT2D eigenvalue weighted by Gasteiger charge is -2.41. The number of rotatable bonds is 50. The summed E-state index contributed by atoms with van der Waals surface area (Å²) < 4.78 is 17.6. The van der Waals surface area contributed by atoms with Gasteiger partial charge in [0.05, 0.1) is 25.4 Å². The lowest BCUT2D eigenvalue weighted by atomic mass is 9.99. The normalized spacial score (nSPS) is 19.8. The Bertz CT molecular complexity index is 1600. The van der Waals surface area contributed by atoms with Gasteiger partial charge in [-0.2, -0.15) is 0 Å². The molecule has 1 aliphatic rings. The van der Waals surface area contributed by atoms with Crippen molar-refractivity contribution in [1.82, 2.24) is 5.32 Å². The molecule has 8 unspecified atom stereocenters. The van der Waals surface area contributed by atoms with Crippen LogP contribution in [0.2, 0.25) is 0 Å². The highest BCUT2D eigenvalue weighted by Crippen LogP contribution is 2.26. The Labute approximate surface area is 463 Å². The van der Waals surface area contributed by atoms with E-state index in [0.29, 0.717) is 12.8 Å². The van der Waals surface area contributed by atoms with E-state index in [2.05, 4.69) is 111 Å². The SMILES string of the molecule is CC/C=C\C/C=C\C/C=C\C/C=C\C/C=C\CCCCCCCCC(O)C(=O)NC(COC1OC(CO)C(O)C(O)C1OC(=O)CCCCCCCCC/C=C/C/C=C/CC)C(O)/C=C/CCCCCCCCCCC. The first-order valence-corrected chi connectivity index (χ1v) is 30.5. The summed E-state index contributed by atoms with van der Waals surface area (Å²) in [5, 5.41) is 56.9. The molecule has 1 aliphatic heterocycles. The van der Waals surface area contributed by atoms with Gasteiger partial charge in [-0.05, 0) is 96.3 Å². The number of esters is 1. The summed E-state index contributed by atoms with van der Waals surface area (Å²) in [6.07, 6.45) is 58.7. The summed E-state index contributed by atoms with van der Waals surface area (Å²) in [4.78, 5) is 26.5. The third-order valence-electron chi connectivity index (χ3n) is 13.7. The molecular weight excluding hydrogens is 955 g/mol. The van der Waals surface area contributed by atoms with Crippen LogP contribution in [0.3, 0.4) is 0 Å². The summed E-state index contributed by atoms with van der Waals surface area (Å²) in [6, 6.07) is -1.04. The molecule has 0 aromatic carbocycles. The average Bonchev–Trinajstić information content (AvgIpc) is 3.42. The van der Waals surface area contributed by atoms with Crippen molar-refractivity contribution in [1.29, 1.82) is 0 Å². The van der Waals surface area contributed by atoms with Crippen LogP contribution >= 0.6 is 0 Å². The van der Waals surface area contributed by atoms with Crippen molar-refractivity contribution in [2.24, 2.45) is 0 Å². The van der Waals surface area contributed by atoms with E-state index in [-0.39, 0.29) is 19.4 Å². The fourth-order valence-electron chi connectivity index (χ4n) is 8.95. The molecule has 0 aromatic rings. The Balaban J connectivity index is 2.67. The number of aliphatic hydroxyl groups is 5. The largest absolute Gasteiger partial charge is 0.454 e. The van der Waals surface area contributed by atoms with Gasteiger partial charge in [-0.15, -0.1) is 0 Å². The summed E-state index contributed by atoms with van der Waals surface area (Å²) in [5.74, 6) is -1.22. The zero-order valence-electron chi connectivity index (χ0n) is 48.1. The molecule has 0 aromatic heterocycles. The fourth-order valence-corrected chi connectivity index (χ4v) is 8.95. The van der Waals surface area contributed by atoms with E-state index in [1.165, 1.54) is 44.9 Å². The summed E-state index contributed by atoms with van der Waals surface area (Å²) >= 11 is 0. The number of carbonyl (C=O) groups is 2. The van der Waals surface area contributed by atoms with Crippen molar-refractivity contribution in [2.75, 3.05) is 13.2 Å². The van der Waals surface area contributed by atoms with Gasteiger partial charge in [0.25, 0.3) is 0 Å². The van der Waals surface area contributed by atoms with Crippen molar-refractivity contribution >= 4 is 11.9 Å². The number of nitrogens with one attached hydrogen (secondary N) is 1. The molecule has 0 radical (unpaired) electrons. The number of hydrogen-bond acceptors (Lipinski definition) is 10. The maximum atomic E-state index is 13.4. The molecule has 0 aliphatic carbocycles. The third kappa shape index (κ3) is 39.9. The van der Waals surface area contributed by atoms with Crippen LogP contribution in [0, 0.1) is 0 Å². The van der Waals surface area contributed by atoms with Gasteiger partial charge in [0.2, 0.25) is 5.91 Å². The highest BCUT2D eigenvalue weighted by atomic mass is 16.7. The summed E-state index contributed by atoms with van der Waals surface area (Å²) in [5.41, 5.74) is 0. The minimum Gasteiger partial charge on any atom is -0.454 e. The van der Waals surface area contributed by atoms with Crippen LogP contribution in [0.4, 0.5) is 0 Å². The molecule has 0 spiro atoms. The van der Waals surface area contributed by atoms with E-state index >= 15 is 0 Å². The number of aliphatic hydroxyl groups excluding tert-OH is 5. The number of amides is 1. The zero-order valence-corrected chi connectivity index (χ0v) is 48.1. The predicted octanol–water partition coefficient (Wildman–Crippen LogP) is 14.3. The van der Waals surface area contributed by atoms with Crippen molar-refractivity contribution in [3.8, 4) is 0 Å². The van der Waals surface area contributed by atoms with Crippen molar-refractivity contribution in [3.63, 3.8) is 0 Å². The van der Waals surface area contributed by atoms with Crippen molar-refractivity contribution in [3.05, 3.63) is 97.2 Å². The first-order valence-electron chi connectivity index (χ1n) is 30.5. The van der Waals surface area contributed by atoms with E-state index in [1.807, 2.05) is 6.08 Å². The minimum absolute atomic E-state index is 0.109. The first-order chi connectivity index (χ1) is 37.2.